The maximum Gasteiger partial charge on any atom is 0.178 e. The van der Waals surface area contributed by atoms with Crippen molar-refractivity contribution in [2.45, 2.75) is 13.0 Å². The minimum absolute atomic E-state index is 0.148. The summed E-state index contributed by atoms with van der Waals surface area (Å²) < 4.78 is 1.99. The van der Waals surface area contributed by atoms with Crippen LogP contribution >= 0.6 is 0 Å². The Morgan fingerprint density at radius 1 is 1.04 bits per heavy atom. The molecule has 0 aromatic carbocycles. The Labute approximate surface area is 143 Å². The number of nitrogens with one attached hydrogen (secondary N) is 1. The Bertz CT molecular complexity index is 1010. The normalized spacial score (nSPS) is 12.2. The van der Waals surface area contributed by atoms with Gasteiger partial charge in [0.2, 0.25) is 0 Å². The number of rotatable bonds is 4. The number of nitrogens with two attached hydrogens (primary N) is 1. The molecule has 0 fully saturated rings. The van der Waals surface area contributed by atoms with Crippen molar-refractivity contribution in [2.24, 2.45) is 0 Å². The van der Waals surface area contributed by atoms with Gasteiger partial charge in [-0.3, -0.25) is 4.57 Å². The first-order valence-electron chi connectivity index (χ1n) is 7.81. The highest BCUT2D eigenvalue weighted by Crippen LogP contribution is 2.25. The summed E-state index contributed by atoms with van der Waals surface area (Å²) in [6.07, 6.45) is 4.91. The Morgan fingerprint density at radius 2 is 1.92 bits per heavy atom. The Kier molecular flexibility index (Phi) is 3.70. The number of aromatic nitrogens is 6. The minimum atomic E-state index is -0.148. The number of anilines is 2. The Morgan fingerprint density at radius 3 is 2.72 bits per heavy atom. The lowest BCUT2D eigenvalue weighted by Gasteiger charge is -2.16. The predicted octanol–water partition coefficient (Wildman–Crippen LogP) is 2.36. The van der Waals surface area contributed by atoms with Crippen LogP contribution < -0.4 is 11.1 Å². The van der Waals surface area contributed by atoms with Crippen molar-refractivity contribution < 1.29 is 0 Å². The van der Waals surface area contributed by atoms with Crippen LogP contribution in [-0.2, 0) is 0 Å². The van der Waals surface area contributed by atoms with Crippen LogP contribution in [0.1, 0.15) is 18.8 Å². The van der Waals surface area contributed by atoms with Crippen LogP contribution in [0.3, 0.4) is 0 Å². The van der Waals surface area contributed by atoms with Gasteiger partial charge in [-0.1, -0.05) is 6.07 Å². The van der Waals surface area contributed by atoms with Crippen molar-refractivity contribution in [3.8, 4) is 5.82 Å². The van der Waals surface area contributed by atoms with Crippen LogP contribution in [0.25, 0.3) is 17.0 Å². The lowest BCUT2D eigenvalue weighted by molar-refractivity contribution is 0.760. The van der Waals surface area contributed by atoms with E-state index in [4.69, 9.17) is 5.73 Å². The molecule has 0 amide bonds. The van der Waals surface area contributed by atoms with Gasteiger partial charge >= 0.3 is 0 Å². The third-order valence-electron chi connectivity index (χ3n) is 3.77. The highest BCUT2D eigenvalue weighted by atomic mass is 15.2. The van der Waals surface area contributed by atoms with E-state index in [9.17, 15) is 0 Å². The second kappa shape index (κ2) is 6.16. The van der Waals surface area contributed by atoms with E-state index in [0.717, 1.165) is 17.2 Å². The van der Waals surface area contributed by atoms with E-state index in [0.29, 0.717) is 17.3 Å². The van der Waals surface area contributed by atoms with E-state index in [-0.39, 0.29) is 6.04 Å². The largest absolute Gasteiger partial charge is 0.384 e. The van der Waals surface area contributed by atoms with E-state index in [1.54, 1.807) is 18.5 Å². The van der Waals surface area contributed by atoms with Gasteiger partial charge in [0.15, 0.2) is 5.65 Å². The first-order valence-corrected chi connectivity index (χ1v) is 7.81. The van der Waals surface area contributed by atoms with Gasteiger partial charge < -0.3 is 11.1 Å². The molecule has 0 saturated heterocycles. The smallest absolute Gasteiger partial charge is 0.178 e. The molecule has 4 rings (SSSR count). The van der Waals surface area contributed by atoms with E-state index in [1.807, 2.05) is 41.8 Å². The summed E-state index contributed by atoms with van der Waals surface area (Å²) in [6.45, 7) is 2.00. The predicted molar refractivity (Wildman–Crippen MR) is 95.1 cm³/mol. The first kappa shape index (κ1) is 15.0. The standard InChI is InChI=1S/C17H16N8/c1-11(23-14-9-13(18)21-10-22-14)17-24-16-12(5-4-8-20-16)25(17)15-6-2-3-7-19-15/h2-11H,1H3,(H3,18,21,22,23). The van der Waals surface area contributed by atoms with Crippen LogP contribution in [0.2, 0.25) is 0 Å². The van der Waals surface area contributed by atoms with E-state index >= 15 is 0 Å². The number of imidazole rings is 1. The van der Waals surface area contributed by atoms with Crippen molar-refractivity contribution in [3.05, 3.63) is 60.9 Å². The molecule has 0 aliphatic rings. The number of pyridine rings is 2. The summed E-state index contributed by atoms with van der Waals surface area (Å²) >= 11 is 0. The average molecular weight is 332 g/mol. The number of nitrogen functional groups attached to an aromatic ring is 1. The highest BCUT2D eigenvalue weighted by molar-refractivity contribution is 5.74. The third-order valence-corrected chi connectivity index (χ3v) is 3.77. The first-order chi connectivity index (χ1) is 12.2. The zero-order valence-corrected chi connectivity index (χ0v) is 13.5. The summed E-state index contributed by atoms with van der Waals surface area (Å²) in [7, 11) is 0. The van der Waals surface area contributed by atoms with Gasteiger partial charge in [0.1, 0.15) is 29.6 Å². The van der Waals surface area contributed by atoms with Gasteiger partial charge in [0.25, 0.3) is 0 Å². The maximum absolute atomic E-state index is 5.72. The van der Waals surface area contributed by atoms with Gasteiger partial charge in [-0.2, -0.15) is 0 Å². The molecule has 25 heavy (non-hydrogen) atoms. The fourth-order valence-electron chi connectivity index (χ4n) is 2.69. The fraction of sp³-hybridized carbons (Fsp3) is 0.118. The molecule has 8 heteroatoms. The lowest BCUT2D eigenvalue weighted by Crippen LogP contribution is -2.14. The Balaban J connectivity index is 1.81. The monoisotopic (exact) mass is 332 g/mol. The van der Waals surface area contributed by atoms with Crippen molar-refractivity contribution in [1.82, 2.24) is 29.5 Å². The van der Waals surface area contributed by atoms with Gasteiger partial charge in [-0.25, -0.2) is 24.9 Å². The molecule has 0 aliphatic heterocycles. The van der Waals surface area contributed by atoms with Gasteiger partial charge in [0, 0.05) is 18.5 Å². The topological polar surface area (TPSA) is 107 Å². The molecule has 0 aliphatic carbocycles. The van der Waals surface area contributed by atoms with Crippen molar-refractivity contribution in [3.63, 3.8) is 0 Å². The molecule has 4 heterocycles. The van der Waals surface area contributed by atoms with Gasteiger partial charge in [-0.15, -0.1) is 0 Å². The van der Waals surface area contributed by atoms with Crippen LogP contribution in [0.15, 0.2) is 55.1 Å². The van der Waals surface area contributed by atoms with Gasteiger partial charge in [0.05, 0.1) is 11.6 Å². The molecule has 3 N–H and O–H groups in total. The number of nitrogens with zero attached hydrogens (tertiary/aromatic N) is 6. The SMILES string of the molecule is CC(Nc1cc(N)ncn1)c1nc2ncccc2n1-c1ccccn1. The lowest BCUT2D eigenvalue weighted by atomic mass is 10.3. The summed E-state index contributed by atoms with van der Waals surface area (Å²) in [5.74, 6) is 2.60. The molecule has 0 saturated carbocycles. The second-order valence-electron chi connectivity index (χ2n) is 5.53. The van der Waals surface area contributed by atoms with Gasteiger partial charge in [-0.05, 0) is 31.2 Å². The fourth-order valence-corrected chi connectivity index (χ4v) is 2.69. The summed E-state index contributed by atoms with van der Waals surface area (Å²) in [5, 5.41) is 3.30. The zero-order chi connectivity index (χ0) is 17.2. The minimum Gasteiger partial charge on any atom is -0.384 e. The number of hydrogen-bond donors (Lipinski definition) is 2. The van der Waals surface area contributed by atoms with Crippen molar-refractivity contribution in [2.75, 3.05) is 11.1 Å². The van der Waals surface area contributed by atoms with Crippen LogP contribution in [0, 0.1) is 0 Å². The molecular weight excluding hydrogens is 316 g/mol. The summed E-state index contributed by atoms with van der Waals surface area (Å²) in [6, 6.07) is 11.2. The van der Waals surface area contributed by atoms with Crippen molar-refractivity contribution in [1.29, 1.82) is 0 Å². The quantitative estimate of drug-likeness (QED) is 0.590. The maximum atomic E-state index is 5.72. The third kappa shape index (κ3) is 2.85. The summed E-state index contributed by atoms with van der Waals surface area (Å²) in [5.41, 5.74) is 7.28. The van der Waals surface area contributed by atoms with Crippen LogP contribution in [0.5, 0.6) is 0 Å². The molecule has 1 unspecified atom stereocenters. The van der Waals surface area contributed by atoms with Crippen molar-refractivity contribution >= 4 is 22.8 Å². The number of fused-ring (bicyclic) bond motifs is 1. The average Bonchev–Trinajstić information content (AvgIpc) is 3.02. The molecule has 4 aromatic rings. The molecule has 8 nitrogen and oxygen atoms in total. The van der Waals surface area contributed by atoms with Crippen LogP contribution in [0.4, 0.5) is 11.6 Å². The summed E-state index contributed by atoms with van der Waals surface area (Å²) in [4.78, 5) is 21.6. The molecule has 0 radical (unpaired) electrons. The van der Waals surface area contributed by atoms with E-state index in [2.05, 4.69) is 30.2 Å². The molecule has 0 bridgehead atoms. The van der Waals surface area contributed by atoms with E-state index < -0.39 is 0 Å². The molecule has 124 valence electrons. The molecular formula is C17H16N8. The Hall–Kier alpha value is -3.55. The second-order valence-corrected chi connectivity index (χ2v) is 5.53. The van der Waals surface area contributed by atoms with Crippen LogP contribution in [-0.4, -0.2) is 29.5 Å². The number of hydrogen-bond acceptors (Lipinski definition) is 7. The highest BCUT2D eigenvalue weighted by Gasteiger charge is 2.19. The zero-order valence-electron chi connectivity index (χ0n) is 13.5. The molecule has 0 spiro atoms. The molecule has 4 aromatic heterocycles. The van der Waals surface area contributed by atoms with E-state index in [1.165, 1.54) is 6.33 Å². The molecule has 1 atom stereocenters.